The number of rotatable bonds is 5. The number of benzene rings is 2. The zero-order valence-corrected chi connectivity index (χ0v) is 12.8. The number of hydrogen-bond acceptors (Lipinski definition) is 4. The maximum Gasteiger partial charge on any atom is 0.165 e. The standard InChI is InChI=1S/C18H20FNO3/c19-15-6-1-4-13(10-15)16(21)12-20-11-14-5-2-7-17-18(14)23-9-3-8-22-17/h1-2,4-7,10,16,20-21H,3,8-9,11-12H2/t16-/m1/s1. The van der Waals surface area contributed by atoms with Crippen molar-refractivity contribution in [3.05, 3.63) is 59.4 Å². The molecule has 2 aromatic rings. The summed E-state index contributed by atoms with van der Waals surface area (Å²) in [4.78, 5) is 0. The van der Waals surface area contributed by atoms with Gasteiger partial charge in [0.05, 0.1) is 19.3 Å². The SMILES string of the molecule is O[C@H](CNCc1cccc2c1OCCCO2)c1cccc(F)c1. The Bertz CT molecular complexity index is 662. The van der Waals surface area contributed by atoms with Gasteiger partial charge >= 0.3 is 0 Å². The third-order valence-corrected chi connectivity index (χ3v) is 3.74. The van der Waals surface area contributed by atoms with E-state index in [1.54, 1.807) is 12.1 Å². The van der Waals surface area contributed by atoms with Gasteiger partial charge in [-0.05, 0) is 23.8 Å². The van der Waals surface area contributed by atoms with Gasteiger partial charge in [0.25, 0.3) is 0 Å². The van der Waals surface area contributed by atoms with E-state index in [1.807, 2.05) is 18.2 Å². The lowest BCUT2D eigenvalue weighted by Gasteiger charge is -2.15. The topological polar surface area (TPSA) is 50.7 Å². The van der Waals surface area contributed by atoms with Gasteiger partial charge in [0.1, 0.15) is 5.82 Å². The zero-order chi connectivity index (χ0) is 16.1. The van der Waals surface area contributed by atoms with E-state index in [0.29, 0.717) is 31.9 Å². The van der Waals surface area contributed by atoms with Crippen LogP contribution in [0.15, 0.2) is 42.5 Å². The highest BCUT2D eigenvalue weighted by Gasteiger charge is 2.15. The van der Waals surface area contributed by atoms with Crippen LogP contribution < -0.4 is 14.8 Å². The van der Waals surface area contributed by atoms with Crippen molar-refractivity contribution in [2.75, 3.05) is 19.8 Å². The molecule has 0 saturated heterocycles. The number of hydrogen-bond donors (Lipinski definition) is 2. The van der Waals surface area contributed by atoms with Crippen molar-refractivity contribution >= 4 is 0 Å². The number of halogens is 1. The Labute approximate surface area is 134 Å². The van der Waals surface area contributed by atoms with Crippen molar-refractivity contribution in [3.8, 4) is 11.5 Å². The van der Waals surface area contributed by atoms with E-state index in [2.05, 4.69) is 5.32 Å². The van der Waals surface area contributed by atoms with E-state index in [1.165, 1.54) is 12.1 Å². The summed E-state index contributed by atoms with van der Waals surface area (Å²) in [6.07, 6.45) is 0.102. The number of aliphatic hydroxyl groups excluding tert-OH is 1. The number of nitrogens with one attached hydrogen (secondary N) is 1. The lowest BCUT2D eigenvalue weighted by molar-refractivity contribution is 0.173. The van der Waals surface area contributed by atoms with Gasteiger partial charge in [0.15, 0.2) is 11.5 Å². The molecule has 0 radical (unpaired) electrons. The minimum atomic E-state index is -0.759. The molecule has 5 heteroatoms. The highest BCUT2D eigenvalue weighted by Crippen LogP contribution is 2.33. The average molecular weight is 317 g/mol. The highest BCUT2D eigenvalue weighted by molar-refractivity contribution is 5.47. The third kappa shape index (κ3) is 4.00. The quantitative estimate of drug-likeness (QED) is 0.890. The molecule has 1 aliphatic rings. The smallest absolute Gasteiger partial charge is 0.165 e. The first kappa shape index (κ1) is 15.8. The van der Waals surface area contributed by atoms with Gasteiger partial charge < -0.3 is 19.9 Å². The Kier molecular flexibility index (Phi) is 5.10. The second-order valence-electron chi connectivity index (χ2n) is 5.50. The number of para-hydroxylation sites is 1. The molecule has 4 nitrogen and oxygen atoms in total. The van der Waals surface area contributed by atoms with Gasteiger partial charge in [0, 0.05) is 25.1 Å². The van der Waals surface area contributed by atoms with E-state index < -0.39 is 6.10 Å². The molecule has 2 aromatic carbocycles. The molecule has 3 rings (SSSR count). The van der Waals surface area contributed by atoms with Crippen LogP contribution in [-0.4, -0.2) is 24.9 Å². The first-order chi connectivity index (χ1) is 11.2. The summed E-state index contributed by atoms with van der Waals surface area (Å²) in [5, 5.41) is 13.3. The molecule has 1 aliphatic heterocycles. The lowest BCUT2D eigenvalue weighted by Crippen LogP contribution is -2.21. The van der Waals surface area contributed by atoms with Crippen LogP contribution in [0, 0.1) is 5.82 Å². The van der Waals surface area contributed by atoms with Crippen molar-refractivity contribution in [3.63, 3.8) is 0 Å². The van der Waals surface area contributed by atoms with Crippen molar-refractivity contribution in [1.29, 1.82) is 0 Å². The van der Waals surface area contributed by atoms with Gasteiger partial charge in [-0.3, -0.25) is 0 Å². The van der Waals surface area contributed by atoms with Gasteiger partial charge in [-0.2, -0.15) is 0 Å². The van der Waals surface area contributed by atoms with Crippen LogP contribution in [-0.2, 0) is 6.54 Å². The Hall–Kier alpha value is -2.11. The molecular formula is C18H20FNO3. The van der Waals surface area contributed by atoms with E-state index in [-0.39, 0.29) is 5.82 Å². The average Bonchev–Trinajstić information content (AvgIpc) is 2.81. The summed E-state index contributed by atoms with van der Waals surface area (Å²) in [6, 6.07) is 11.8. The van der Waals surface area contributed by atoms with Crippen molar-refractivity contribution in [2.45, 2.75) is 19.1 Å². The summed E-state index contributed by atoms with van der Waals surface area (Å²) >= 11 is 0. The summed E-state index contributed by atoms with van der Waals surface area (Å²) in [7, 11) is 0. The van der Waals surface area contributed by atoms with Crippen LogP contribution in [0.3, 0.4) is 0 Å². The Morgan fingerprint density at radius 2 is 1.96 bits per heavy atom. The van der Waals surface area contributed by atoms with Crippen molar-refractivity contribution in [2.24, 2.45) is 0 Å². The largest absolute Gasteiger partial charge is 0.490 e. The molecule has 0 saturated carbocycles. The van der Waals surface area contributed by atoms with E-state index in [0.717, 1.165) is 23.5 Å². The molecule has 122 valence electrons. The van der Waals surface area contributed by atoms with Gasteiger partial charge in [-0.15, -0.1) is 0 Å². The molecule has 0 fully saturated rings. The normalized spacial score (nSPS) is 15.0. The van der Waals surface area contributed by atoms with Crippen LogP contribution in [0.4, 0.5) is 4.39 Å². The zero-order valence-electron chi connectivity index (χ0n) is 12.8. The summed E-state index contributed by atoms with van der Waals surface area (Å²) in [5.74, 6) is 1.17. The second kappa shape index (κ2) is 7.44. The summed E-state index contributed by atoms with van der Waals surface area (Å²) in [5.41, 5.74) is 1.54. The molecule has 0 aliphatic carbocycles. The minimum absolute atomic E-state index is 0.327. The molecule has 0 bridgehead atoms. The fraction of sp³-hybridized carbons (Fsp3) is 0.333. The van der Waals surface area contributed by atoms with Gasteiger partial charge in [0.2, 0.25) is 0 Å². The molecule has 1 atom stereocenters. The first-order valence-electron chi connectivity index (χ1n) is 7.76. The minimum Gasteiger partial charge on any atom is -0.490 e. The lowest BCUT2D eigenvalue weighted by atomic mass is 10.1. The van der Waals surface area contributed by atoms with Crippen LogP contribution in [0.25, 0.3) is 0 Å². The molecular weight excluding hydrogens is 297 g/mol. The van der Waals surface area contributed by atoms with Crippen molar-refractivity contribution in [1.82, 2.24) is 5.32 Å². The van der Waals surface area contributed by atoms with Gasteiger partial charge in [-0.25, -0.2) is 4.39 Å². The predicted octanol–water partition coefficient (Wildman–Crippen LogP) is 2.81. The molecule has 1 heterocycles. The van der Waals surface area contributed by atoms with E-state index in [9.17, 15) is 9.50 Å². The van der Waals surface area contributed by atoms with Crippen molar-refractivity contribution < 1.29 is 19.0 Å². The summed E-state index contributed by atoms with van der Waals surface area (Å²) < 4.78 is 24.6. The fourth-order valence-corrected chi connectivity index (χ4v) is 2.57. The molecule has 0 spiro atoms. The maximum absolute atomic E-state index is 13.2. The van der Waals surface area contributed by atoms with E-state index in [4.69, 9.17) is 9.47 Å². The van der Waals surface area contributed by atoms with Gasteiger partial charge in [-0.1, -0.05) is 24.3 Å². The number of fused-ring (bicyclic) bond motifs is 1. The molecule has 23 heavy (non-hydrogen) atoms. The molecule has 2 N–H and O–H groups in total. The number of ether oxygens (including phenoxy) is 2. The fourth-order valence-electron chi connectivity index (χ4n) is 2.57. The second-order valence-corrected chi connectivity index (χ2v) is 5.50. The summed E-state index contributed by atoms with van der Waals surface area (Å²) in [6.45, 7) is 2.16. The Morgan fingerprint density at radius 3 is 2.83 bits per heavy atom. The molecule has 0 aromatic heterocycles. The Balaban J connectivity index is 1.61. The Morgan fingerprint density at radius 1 is 1.13 bits per heavy atom. The van der Waals surface area contributed by atoms with Crippen LogP contribution in [0.1, 0.15) is 23.7 Å². The van der Waals surface area contributed by atoms with Crippen LogP contribution in [0.2, 0.25) is 0 Å². The number of aliphatic hydroxyl groups is 1. The third-order valence-electron chi connectivity index (χ3n) is 3.74. The predicted molar refractivity (Wildman–Crippen MR) is 85.1 cm³/mol. The highest BCUT2D eigenvalue weighted by atomic mass is 19.1. The van der Waals surface area contributed by atoms with Crippen LogP contribution in [0.5, 0.6) is 11.5 Å². The van der Waals surface area contributed by atoms with E-state index >= 15 is 0 Å². The van der Waals surface area contributed by atoms with Crippen LogP contribution >= 0.6 is 0 Å². The maximum atomic E-state index is 13.2. The molecule has 0 unspecified atom stereocenters. The monoisotopic (exact) mass is 317 g/mol. The molecule has 0 amide bonds. The first-order valence-corrected chi connectivity index (χ1v) is 7.76.